The number of piperidine rings is 2. The Balaban J connectivity index is 0.00000256. The van der Waals surface area contributed by atoms with Gasteiger partial charge in [0.05, 0.1) is 6.26 Å². The van der Waals surface area contributed by atoms with E-state index in [1.54, 1.807) is 25.3 Å². The van der Waals surface area contributed by atoms with Gasteiger partial charge in [-0.15, -0.1) is 24.0 Å². The maximum absolute atomic E-state index is 12.1. The number of nitrogens with one attached hydrogen (secondary N) is 1. The molecule has 1 amide bonds. The lowest BCUT2D eigenvalue weighted by atomic mass is 9.83. The Bertz CT molecular complexity index is 704. The summed E-state index contributed by atoms with van der Waals surface area (Å²) in [6, 6.07) is 5.50. The lowest BCUT2D eigenvalue weighted by Gasteiger charge is -2.48. The number of carbonyl (C=O) groups is 1. The number of guanidine groups is 1. The van der Waals surface area contributed by atoms with Gasteiger partial charge in [0.15, 0.2) is 5.96 Å². The molecule has 2 unspecified atom stereocenters. The molecule has 168 valence electrons. The van der Waals surface area contributed by atoms with Crippen molar-refractivity contribution in [2.75, 3.05) is 46.8 Å². The van der Waals surface area contributed by atoms with Gasteiger partial charge in [-0.05, 0) is 56.7 Å². The van der Waals surface area contributed by atoms with Gasteiger partial charge in [-0.1, -0.05) is 0 Å². The van der Waals surface area contributed by atoms with Crippen LogP contribution in [-0.4, -0.2) is 85.5 Å². The lowest BCUT2D eigenvalue weighted by molar-refractivity contribution is -0.127. The third-order valence-electron chi connectivity index (χ3n) is 6.52. The van der Waals surface area contributed by atoms with E-state index < -0.39 is 0 Å². The quantitative estimate of drug-likeness (QED) is 0.349. The van der Waals surface area contributed by atoms with Crippen molar-refractivity contribution in [1.82, 2.24) is 20.0 Å². The van der Waals surface area contributed by atoms with Crippen LogP contribution in [0.4, 0.5) is 0 Å². The zero-order chi connectivity index (χ0) is 20.2. The van der Waals surface area contributed by atoms with Crippen LogP contribution in [0.5, 0.6) is 0 Å². The predicted octanol–water partition coefficient (Wildman–Crippen LogP) is 2.42. The zero-order valence-corrected chi connectivity index (χ0v) is 20.6. The Kier molecular flexibility index (Phi) is 8.44. The Labute approximate surface area is 197 Å². The first-order chi connectivity index (χ1) is 14.1. The average Bonchev–Trinajstić information content (AvgIpc) is 3.45. The highest BCUT2D eigenvalue weighted by molar-refractivity contribution is 14.0. The highest BCUT2D eigenvalue weighted by Crippen LogP contribution is 2.38. The highest BCUT2D eigenvalue weighted by Gasteiger charge is 2.42. The molecule has 1 saturated carbocycles. The molecule has 0 radical (unpaired) electrons. The summed E-state index contributed by atoms with van der Waals surface area (Å²) in [5.41, 5.74) is 0. The van der Waals surface area contributed by atoms with Crippen LogP contribution in [0.2, 0.25) is 0 Å². The van der Waals surface area contributed by atoms with Gasteiger partial charge in [0.1, 0.15) is 12.3 Å². The third kappa shape index (κ3) is 5.90. The largest absolute Gasteiger partial charge is 0.469 e. The van der Waals surface area contributed by atoms with E-state index in [1.165, 1.54) is 38.6 Å². The van der Waals surface area contributed by atoms with E-state index in [1.807, 2.05) is 12.1 Å². The number of rotatable bonds is 6. The van der Waals surface area contributed by atoms with Crippen LogP contribution in [-0.2, 0) is 11.2 Å². The van der Waals surface area contributed by atoms with Crippen LogP contribution >= 0.6 is 24.0 Å². The summed E-state index contributed by atoms with van der Waals surface area (Å²) >= 11 is 0. The van der Waals surface area contributed by atoms with Crippen LogP contribution in [0.15, 0.2) is 27.8 Å². The molecule has 2 atom stereocenters. The van der Waals surface area contributed by atoms with Gasteiger partial charge in [-0.25, -0.2) is 4.99 Å². The number of carbonyl (C=O) groups excluding carboxylic acids is 1. The molecule has 2 saturated heterocycles. The summed E-state index contributed by atoms with van der Waals surface area (Å²) in [5, 5.41) is 3.50. The van der Waals surface area contributed by atoms with Crippen molar-refractivity contribution in [3.05, 3.63) is 24.2 Å². The van der Waals surface area contributed by atoms with Crippen molar-refractivity contribution in [2.45, 2.75) is 50.6 Å². The van der Waals surface area contributed by atoms with E-state index in [9.17, 15) is 4.79 Å². The number of hydrogen-bond acceptors (Lipinski definition) is 4. The molecule has 0 aromatic carbocycles. The van der Waals surface area contributed by atoms with E-state index in [2.05, 4.69) is 20.1 Å². The van der Waals surface area contributed by atoms with E-state index in [4.69, 9.17) is 4.42 Å². The van der Waals surface area contributed by atoms with Gasteiger partial charge in [-0.2, -0.15) is 0 Å². The molecule has 2 aliphatic heterocycles. The minimum atomic E-state index is 0. The standard InChI is InChI=1S/C22H35N5O2.HI/c1-25(2)21(28)15-24-22(23-11-9-19-6-4-14-29-19)26-13-10-20-17(16-26)5-3-12-27(20)18-7-8-18;/h4,6,14,17-18,20H,3,5,7-13,15-16H2,1-2H3,(H,23,24);1H. The van der Waals surface area contributed by atoms with Crippen LogP contribution < -0.4 is 5.32 Å². The molecule has 1 N–H and O–H groups in total. The number of halogens is 1. The number of nitrogens with zero attached hydrogens (tertiary/aromatic N) is 4. The summed E-state index contributed by atoms with van der Waals surface area (Å²) in [6.07, 6.45) is 9.11. The van der Waals surface area contributed by atoms with Crippen molar-refractivity contribution in [2.24, 2.45) is 10.9 Å². The topological polar surface area (TPSA) is 64.3 Å². The lowest BCUT2D eigenvalue weighted by Crippen LogP contribution is -2.57. The summed E-state index contributed by atoms with van der Waals surface area (Å²) in [6.45, 7) is 4.27. The average molecular weight is 529 g/mol. The fourth-order valence-corrected chi connectivity index (χ4v) is 4.80. The van der Waals surface area contributed by atoms with Crippen LogP contribution in [0.1, 0.15) is 37.9 Å². The van der Waals surface area contributed by atoms with Crippen molar-refractivity contribution in [1.29, 1.82) is 0 Å². The van der Waals surface area contributed by atoms with Gasteiger partial charge < -0.3 is 19.5 Å². The van der Waals surface area contributed by atoms with Crippen LogP contribution in [0, 0.1) is 5.92 Å². The molecule has 3 heterocycles. The van der Waals surface area contributed by atoms with E-state index in [0.717, 1.165) is 49.9 Å². The van der Waals surface area contributed by atoms with E-state index >= 15 is 0 Å². The molecule has 1 aromatic rings. The summed E-state index contributed by atoms with van der Waals surface area (Å²) < 4.78 is 5.44. The smallest absolute Gasteiger partial charge is 0.243 e. The normalized spacial score (nSPS) is 24.7. The monoisotopic (exact) mass is 529 g/mol. The molecule has 4 rings (SSSR count). The first-order valence-corrected chi connectivity index (χ1v) is 11.1. The minimum absolute atomic E-state index is 0. The van der Waals surface area contributed by atoms with E-state index in [-0.39, 0.29) is 36.4 Å². The Morgan fingerprint density at radius 2 is 2.10 bits per heavy atom. The summed E-state index contributed by atoms with van der Waals surface area (Å²) in [4.78, 5) is 23.6. The van der Waals surface area contributed by atoms with Crippen molar-refractivity contribution in [3.63, 3.8) is 0 Å². The number of aliphatic imine (C=N–C) groups is 1. The number of hydrogen-bond donors (Lipinski definition) is 1. The zero-order valence-electron chi connectivity index (χ0n) is 18.3. The molecule has 1 aliphatic carbocycles. The van der Waals surface area contributed by atoms with Gasteiger partial charge in [0.2, 0.25) is 5.91 Å². The molecule has 1 aromatic heterocycles. The second-order valence-corrected chi connectivity index (χ2v) is 8.86. The molecular weight excluding hydrogens is 493 g/mol. The Hall–Kier alpha value is -1.29. The summed E-state index contributed by atoms with van der Waals surface area (Å²) in [7, 11) is 3.56. The second kappa shape index (κ2) is 10.8. The number of likely N-dealkylation sites (N-methyl/N-ethyl adjacent to an activating group) is 1. The SMILES string of the molecule is CN(C)C(=O)CN=C(NCCc1ccco1)N1CCC2C(CCCN2C2CC2)C1.I. The van der Waals surface area contributed by atoms with E-state index in [0.29, 0.717) is 5.92 Å². The molecular formula is C22H36IN5O2. The van der Waals surface area contributed by atoms with Crippen molar-refractivity contribution in [3.8, 4) is 0 Å². The van der Waals surface area contributed by atoms with Gasteiger partial charge in [0.25, 0.3) is 0 Å². The van der Waals surface area contributed by atoms with Crippen molar-refractivity contribution >= 4 is 35.8 Å². The van der Waals surface area contributed by atoms with Gasteiger partial charge in [-0.3, -0.25) is 9.69 Å². The molecule has 0 bridgehead atoms. The van der Waals surface area contributed by atoms with Crippen molar-refractivity contribution < 1.29 is 9.21 Å². The Morgan fingerprint density at radius 1 is 1.27 bits per heavy atom. The maximum Gasteiger partial charge on any atom is 0.243 e. The molecule has 3 aliphatic rings. The number of amides is 1. The van der Waals surface area contributed by atoms with Crippen LogP contribution in [0.25, 0.3) is 0 Å². The molecule has 8 heteroatoms. The number of furan rings is 1. The molecule has 30 heavy (non-hydrogen) atoms. The second-order valence-electron chi connectivity index (χ2n) is 8.86. The molecule has 3 fully saturated rings. The number of fused-ring (bicyclic) bond motifs is 1. The third-order valence-corrected chi connectivity index (χ3v) is 6.52. The highest BCUT2D eigenvalue weighted by atomic mass is 127. The molecule has 0 spiro atoms. The van der Waals surface area contributed by atoms with Gasteiger partial charge >= 0.3 is 0 Å². The minimum Gasteiger partial charge on any atom is -0.469 e. The first-order valence-electron chi connectivity index (χ1n) is 11.1. The van der Waals surface area contributed by atoms with Crippen LogP contribution in [0.3, 0.4) is 0 Å². The summed E-state index contributed by atoms with van der Waals surface area (Å²) in [5.74, 6) is 2.57. The predicted molar refractivity (Wildman–Crippen MR) is 129 cm³/mol. The van der Waals surface area contributed by atoms with Gasteiger partial charge in [0, 0.05) is 52.2 Å². The number of likely N-dealkylation sites (tertiary alicyclic amines) is 2. The fraction of sp³-hybridized carbons (Fsp3) is 0.727. The Morgan fingerprint density at radius 3 is 2.80 bits per heavy atom. The first kappa shape index (κ1) is 23.4. The fourth-order valence-electron chi connectivity index (χ4n) is 4.80. The molecule has 7 nitrogen and oxygen atoms in total. The maximum atomic E-state index is 12.1.